The quantitative estimate of drug-likeness (QED) is 0.679. The Hall–Kier alpha value is -2.75. The molecule has 2 aromatic rings. The van der Waals surface area contributed by atoms with Gasteiger partial charge in [-0.05, 0) is 12.1 Å². The van der Waals surface area contributed by atoms with E-state index in [9.17, 15) is 8.78 Å². The van der Waals surface area contributed by atoms with Gasteiger partial charge in [0.05, 0.1) is 5.69 Å². The van der Waals surface area contributed by atoms with E-state index >= 15 is 0 Å². The second-order valence-electron chi connectivity index (χ2n) is 3.67. The minimum absolute atomic E-state index is 0.0377. The molecule has 0 saturated carbocycles. The molecule has 5 nitrogen and oxygen atoms in total. The first-order valence-electron chi connectivity index (χ1n) is 5.27. The van der Waals surface area contributed by atoms with Crippen LogP contribution in [0.1, 0.15) is 0 Å². The molecule has 1 heterocycles. The van der Waals surface area contributed by atoms with E-state index in [-0.39, 0.29) is 11.5 Å². The van der Waals surface area contributed by atoms with Gasteiger partial charge < -0.3 is 5.32 Å². The Balaban J connectivity index is 2.29. The molecule has 0 spiro atoms. The van der Waals surface area contributed by atoms with Crippen molar-refractivity contribution >= 4 is 17.3 Å². The molecule has 1 aromatic heterocycles. The number of benzene rings is 1. The van der Waals surface area contributed by atoms with Crippen LogP contribution in [0.4, 0.5) is 26.1 Å². The molecule has 7 heteroatoms. The summed E-state index contributed by atoms with van der Waals surface area (Å²) in [5.41, 5.74) is -0.0377. The third-order valence-electron chi connectivity index (χ3n) is 2.34. The second-order valence-corrected chi connectivity index (χ2v) is 3.67. The highest BCUT2D eigenvalue weighted by Crippen LogP contribution is 2.21. The molecule has 1 N–H and O–H groups in total. The van der Waals surface area contributed by atoms with E-state index in [1.165, 1.54) is 24.3 Å². The third-order valence-corrected chi connectivity index (χ3v) is 2.34. The van der Waals surface area contributed by atoms with Gasteiger partial charge in [-0.15, -0.1) is 0 Å². The highest BCUT2D eigenvalue weighted by Gasteiger charge is 2.07. The number of anilines is 3. The number of nitrogens with one attached hydrogen (secondary N) is 1. The largest absolute Gasteiger partial charge is 0.338 e. The lowest BCUT2D eigenvalue weighted by Crippen LogP contribution is -2.10. The predicted molar refractivity (Wildman–Crippen MR) is 65.7 cm³/mol. The van der Waals surface area contributed by atoms with E-state index in [1.54, 1.807) is 0 Å². The smallest absolute Gasteiger partial charge is 0.185 e. The van der Waals surface area contributed by atoms with E-state index in [0.29, 0.717) is 5.82 Å². The second kappa shape index (κ2) is 5.27. The molecule has 0 aliphatic carbocycles. The van der Waals surface area contributed by atoms with Gasteiger partial charge in [-0.25, -0.2) is 18.7 Å². The fraction of sp³-hybridized carbons (Fsp3) is 0.0833. The molecule has 2 rings (SSSR count). The number of nitrogens with zero attached hydrogens (tertiary/aromatic N) is 4. The normalized spacial score (nSPS) is 9.79. The topological polar surface area (TPSA) is 64.8 Å². The van der Waals surface area contributed by atoms with Crippen molar-refractivity contribution in [1.82, 2.24) is 9.97 Å². The molecular weight excluding hydrogens is 252 g/mol. The molecule has 0 unspecified atom stereocenters. The number of aromatic nitrogens is 2. The van der Waals surface area contributed by atoms with Crippen molar-refractivity contribution < 1.29 is 8.78 Å². The summed E-state index contributed by atoms with van der Waals surface area (Å²) in [7, 11) is 1.52. The zero-order valence-corrected chi connectivity index (χ0v) is 9.93. The molecule has 19 heavy (non-hydrogen) atoms. The number of halogens is 2. The van der Waals surface area contributed by atoms with Gasteiger partial charge in [0.1, 0.15) is 29.6 Å². The van der Waals surface area contributed by atoms with Crippen LogP contribution in [0, 0.1) is 23.1 Å². The number of hydrogen-bond acceptors (Lipinski definition) is 5. The average molecular weight is 261 g/mol. The van der Waals surface area contributed by atoms with Crippen molar-refractivity contribution in [2.24, 2.45) is 0 Å². The standard InChI is InChI=1S/C12H9F2N5/c1-19(6-15)12-5-11(16-7-17-12)18-10-4-8(13)2-3-9(10)14/h2-5,7H,1H3,(H,16,17,18). The van der Waals surface area contributed by atoms with Crippen LogP contribution >= 0.6 is 0 Å². The van der Waals surface area contributed by atoms with Crippen molar-refractivity contribution in [3.63, 3.8) is 0 Å². The van der Waals surface area contributed by atoms with Gasteiger partial charge in [0.25, 0.3) is 0 Å². The van der Waals surface area contributed by atoms with Gasteiger partial charge in [-0.1, -0.05) is 0 Å². The van der Waals surface area contributed by atoms with Gasteiger partial charge >= 0.3 is 0 Å². The van der Waals surface area contributed by atoms with Gasteiger partial charge in [-0.2, -0.15) is 5.26 Å². The van der Waals surface area contributed by atoms with Gasteiger partial charge in [-0.3, -0.25) is 4.90 Å². The summed E-state index contributed by atoms with van der Waals surface area (Å²) < 4.78 is 26.5. The molecule has 0 amide bonds. The predicted octanol–water partition coefficient (Wildman–Crippen LogP) is 2.42. The van der Waals surface area contributed by atoms with Crippen molar-refractivity contribution in [2.75, 3.05) is 17.3 Å². The fourth-order valence-electron chi connectivity index (χ4n) is 1.38. The lowest BCUT2D eigenvalue weighted by atomic mass is 10.3. The van der Waals surface area contributed by atoms with Crippen LogP contribution in [-0.4, -0.2) is 17.0 Å². The molecule has 0 aliphatic rings. The van der Waals surface area contributed by atoms with Crippen LogP contribution in [-0.2, 0) is 0 Å². The Morgan fingerprint density at radius 3 is 2.79 bits per heavy atom. The first-order valence-corrected chi connectivity index (χ1v) is 5.27. The summed E-state index contributed by atoms with van der Waals surface area (Å²) in [6, 6.07) is 4.51. The Kier molecular flexibility index (Phi) is 3.52. The Morgan fingerprint density at radius 2 is 2.05 bits per heavy atom. The van der Waals surface area contributed by atoms with Crippen LogP contribution in [0.15, 0.2) is 30.6 Å². The van der Waals surface area contributed by atoms with E-state index < -0.39 is 11.6 Å². The zero-order valence-electron chi connectivity index (χ0n) is 9.93. The Bertz CT molecular complexity index is 638. The van der Waals surface area contributed by atoms with E-state index in [2.05, 4.69) is 15.3 Å². The van der Waals surface area contributed by atoms with Crippen molar-refractivity contribution in [2.45, 2.75) is 0 Å². The SMILES string of the molecule is CN(C#N)c1cc(Nc2cc(F)ccc2F)ncn1. The summed E-state index contributed by atoms with van der Waals surface area (Å²) in [6.45, 7) is 0. The summed E-state index contributed by atoms with van der Waals surface area (Å²) >= 11 is 0. The van der Waals surface area contributed by atoms with Crippen LogP contribution in [0.2, 0.25) is 0 Å². The molecule has 0 aliphatic heterocycles. The minimum atomic E-state index is -0.602. The fourth-order valence-corrected chi connectivity index (χ4v) is 1.38. The van der Waals surface area contributed by atoms with Crippen molar-refractivity contribution in [3.05, 3.63) is 42.2 Å². The summed E-state index contributed by atoms with van der Waals surface area (Å²) in [5, 5.41) is 11.4. The van der Waals surface area contributed by atoms with Crippen molar-refractivity contribution in [1.29, 1.82) is 5.26 Å². The molecule has 0 fully saturated rings. The molecule has 0 atom stereocenters. The molecule has 0 bridgehead atoms. The van der Waals surface area contributed by atoms with Crippen LogP contribution in [0.5, 0.6) is 0 Å². The zero-order chi connectivity index (χ0) is 13.8. The molecule has 1 aromatic carbocycles. The lowest BCUT2D eigenvalue weighted by Gasteiger charge is -2.10. The molecule has 96 valence electrons. The highest BCUT2D eigenvalue weighted by atomic mass is 19.1. The first-order chi connectivity index (χ1) is 9.10. The van der Waals surface area contributed by atoms with Crippen molar-refractivity contribution in [3.8, 4) is 6.19 Å². The highest BCUT2D eigenvalue weighted by molar-refractivity contribution is 5.60. The van der Waals surface area contributed by atoms with Crippen LogP contribution in [0.3, 0.4) is 0 Å². The Labute approximate surface area is 108 Å². The number of hydrogen-bond donors (Lipinski definition) is 1. The molecule has 0 radical (unpaired) electrons. The van der Waals surface area contributed by atoms with Gasteiger partial charge in [0.2, 0.25) is 0 Å². The molecular formula is C12H9F2N5. The summed E-state index contributed by atoms with van der Waals surface area (Å²) in [5.74, 6) is -0.559. The van der Waals surface area contributed by atoms with E-state index in [0.717, 1.165) is 18.2 Å². The maximum Gasteiger partial charge on any atom is 0.185 e. The van der Waals surface area contributed by atoms with Gasteiger partial charge in [0, 0.05) is 19.2 Å². The summed E-state index contributed by atoms with van der Waals surface area (Å²) in [6.07, 6.45) is 3.10. The third kappa shape index (κ3) is 2.93. The van der Waals surface area contributed by atoms with E-state index in [4.69, 9.17) is 5.26 Å². The number of rotatable bonds is 3. The average Bonchev–Trinajstić information content (AvgIpc) is 2.42. The maximum atomic E-state index is 13.4. The van der Waals surface area contributed by atoms with E-state index in [1.807, 2.05) is 6.19 Å². The minimum Gasteiger partial charge on any atom is -0.338 e. The maximum absolute atomic E-state index is 13.4. The molecule has 0 saturated heterocycles. The van der Waals surface area contributed by atoms with Crippen LogP contribution < -0.4 is 10.2 Å². The number of nitriles is 1. The van der Waals surface area contributed by atoms with Gasteiger partial charge in [0.15, 0.2) is 6.19 Å². The van der Waals surface area contributed by atoms with Crippen LogP contribution in [0.25, 0.3) is 0 Å². The monoisotopic (exact) mass is 261 g/mol. The lowest BCUT2D eigenvalue weighted by molar-refractivity contribution is 0.603. The first kappa shape index (κ1) is 12.7. The summed E-state index contributed by atoms with van der Waals surface area (Å²) in [4.78, 5) is 8.97. The Morgan fingerprint density at radius 1 is 1.26 bits per heavy atom.